The van der Waals surface area contributed by atoms with E-state index in [-0.39, 0.29) is 19.4 Å². The predicted octanol–water partition coefficient (Wildman–Crippen LogP) is -0.644. The van der Waals surface area contributed by atoms with Gasteiger partial charge in [0, 0.05) is 6.42 Å². The standard InChI is InChI=1S/C9H16FNO4/c1-2-3-8(9(13,14)15)4-7(10)5-11(8)6-12/h6-7,13-15H,2-5H2,1H3. The number of carbonyl (C=O) groups excluding carboxylic acids is 1. The molecule has 2 unspecified atom stereocenters. The molecule has 1 aliphatic rings. The summed E-state index contributed by atoms with van der Waals surface area (Å²) in [5, 5.41) is 27.8. The highest BCUT2D eigenvalue weighted by atomic mass is 19.1. The van der Waals surface area contributed by atoms with E-state index < -0.39 is 17.7 Å². The summed E-state index contributed by atoms with van der Waals surface area (Å²) < 4.78 is 13.2. The molecule has 1 amide bonds. The Labute approximate surface area is 87.1 Å². The first-order valence-electron chi connectivity index (χ1n) is 4.90. The van der Waals surface area contributed by atoms with Gasteiger partial charge in [-0.15, -0.1) is 0 Å². The number of nitrogens with zero attached hydrogens (tertiary/aromatic N) is 1. The lowest BCUT2D eigenvalue weighted by atomic mass is 9.87. The number of hydrogen-bond donors (Lipinski definition) is 3. The van der Waals surface area contributed by atoms with Crippen LogP contribution in [-0.2, 0) is 4.79 Å². The van der Waals surface area contributed by atoms with E-state index in [1.165, 1.54) is 0 Å². The Balaban J connectivity index is 3.03. The maximum atomic E-state index is 13.2. The van der Waals surface area contributed by atoms with Gasteiger partial charge in [-0.1, -0.05) is 13.3 Å². The lowest BCUT2D eigenvalue weighted by molar-refractivity contribution is -0.366. The molecule has 0 bridgehead atoms. The first-order chi connectivity index (χ1) is 6.87. The quantitative estimate of drug-likeness (QED) is 0.435. The van der Waals surface area contributed by atoms with Crippen LogP contribution < -0.4 is 0 Å². The van der Waals surface area contributed by atoms with E-state index in [1.54, 1.807) is 6.92 Å². The van der Waals surface area contributed by atoms with Crippen LogP contribution in [0.5, 0.6) is 0 Å². The monoisotopic (exact) mass is 221 g/mol. The Morgan fingerprint density at radius 1 is 1.60 bits per heavy atom. The van der Waals surface area contributed by atoms with Crippen molar-refractivity contribution in [2.24, 2.45) is 0 Å². The zero-order chi connectivity index (χ0) is 11.7. The van der Waals surface area contributed by atoms with E-state index >= 15 is 0 Å². The molecule has 1 rings (SSSR count). The third-order valence-electron chi connectivity index (χ3n) is 2.92. The van der Waals surface area contributed by atoms with Crippen molar-refractivity contribution in [3.8, 4) is 0 Å². The van der Waals surface area contributed by atoms with Gasteiger partial charge < -0.3 is 20.2 Å². The summed E-state index contributed by atoms with van der Waals surface area (Å²) in [7, 11) is 0. The molecule has 1 fully saturated rings. The largest absolute Gasteiger partial charge is 0.342 e. The SMILES string of the molecule is CCCC1(C(O)(O)O)CC(F)CN1C=O. The molecule has 0 aromatic carbocycles. The van der Waals surface area contributed by atoms with Crippen LogP contribution in [-0.4, -0.2) is 50.9 Å². The lowest BCUT2D eigenvalue weighted by Gasteiger charge is -2.41. The normalized spacial score (nSPS) is 32.1. The first-order valence-corrected chi connectivity index (χ1v) is 4.90. The van der Waals surface area contributed by atoms with E-state index in [4.69, 9.17) is 0 Å². The van der Waals surface area contributed by atoms with Crippen LogP contribution in [0.4, 0.5) is 4.39 Å². The van der Waals surface area contributed by atoms with Crippen LogP contribution in [0, 0.1) is 0 Å². The smallest absolute Gasteiger partial charge is 0.300 e. The number of likely N-dealkylation sites (tertiary alicyclic amines) is 1. The van der Waals surface area contributed by atoms with Crippen molar-refractivity contribution in [3.05, 3.63) is 0 Å². The zero-order valence-electron chi connectivity index (χ0n) is 8.56. The maximum absolute atomic E-state index is 13.2. The molecular weight excluding hydrogens is 205 g/mol. The topological polar surface area (TPSA) is 81.0 Å². The van der Waals surface area contributed by atoms with Gasteiger partial charge in [0.25, 0.3) is 5.97 Å². The van der Waals surface area contributed by atoms with E-state index in [0.29, 0.717) is 12.8 Å². The summed E-state index contributed by atoms with van der Waals surface area (Å²) in [5.41, 5.74) is -1.62. The molecule has 1 aliphatic heterocycles. The number of amides is 1. The molecule has 15 heavy (non-hydrogen) atoms. The molecule has 0 aromatic rings. The predicted molar refractivity (Wildman–Crippen MR) is 49.3 cm³/mol. The number of alkyl halides is 1. The second-order valence-corrected chi connectivity index (χ2v) is 3.98. The van der Waals surface area contributed by atoms with Gasteiger partial charge in [0.2, 0.25) is 6.41 Å². The molecule has 1 heterocycles. The van der Waals surface area contributed by atoms with E-state index in [9.17, 15) is 24.5 Å². The summed E-state index contributed by atoms with van der Waals surface area (Å²) in [6.07, 6.45) is -0.626. The maximum Gasteiger partial charge on any atom is 0.300 e. The molecule has 0 spiro atoms. The van der Waals surface area contributed by atoms with Gasteiger partial charge in [-0.3, -0.25) is 4.79 Å². The molecule has 0 radical (unpaired) electrons. The molecule has 6 heteroatoms. The molecule has 2 atom stereocenters. The van der Waals surface area contributed by atoms with Gasteiger partial charge in [0.05, 0.1) is 6.54 Å². The van der Waals surface area contributed by atoms with Crippen LogP contribution in [0.15, 0.2) is 0 Å². The van der Waals surface area contributed by atoms with E-state index in [1.807, 2.05) is 0 Å². The minimum atomic E-state index is -3.06. The van der Waals surface area contributed by atoms with Crippen molar-refractivity contribution >= 4 is 6.41 Å². The van der Waals surface area contributed by atoms with Crippen LogP contribution in [0.2, 0.25) is 0 Å². The Hall–Kier alpha value is -0.720. The number of halogens is 1. The van der Waals surface area contributed by atoms with Gasteiger partial charge >= 0.3 is 0 Å². The van der Waals surface area contributed by atoms with Gasteiger partial charge in [-0.05, 0) is 6.42 Å². The van der Waals surface area contributed by atoms with Crippen LogP contribution in [0.25, 0.3) is 0 Å². The second-order valence-electron chi connectivity index (χ2n) is 3.98. The molecular formula is C9H16FNO4. The average Bonchev–Trinajstić information content (AvgIpc) is 2.43. The highest BCUT2D eigenvalue weighted by Crippen LogP contribution is 2.40. The Bertz CT molecular complexity index is 243. The summed E-state index contributed by atoms with van der Waals surface area (Å²) in [6.45, 7) is 1.54. The fourth-order valence-corrected chi connectivity index (χ4v) is 2.24. The van der Waals surface area contributed by atoms with Crippen molar-refractivity contribution < 1.29 is 24.5 Å². The van der Waals surface area contributed by atoms with E-state index in [2.05, 4.69) is 0 Å². The van der Waals surface area contributed by atoms with Crippen LogP contribution in [0.3, 0.4) is 0 Å². The highest BCUT2D eigenvalue weighted by Gasteiger charge is 2.57. The average molecular weight is 221 g/mol. The first kappa shape index (κ1) is 12.4. The van der Waals surface area contributed by atoms with Gasteiger partial charge in [0.1, 0.15) is 11.7 Å². The zero-order valence-corrected chi connectivity index (χ0v) is 8.56. The second kappa shape index (κ2) is 4.03. The summed E-state index contributed by atoms with van der Waals surface area (Å²) in [4.78, 5) is 11.6. The molecule has 3 N–H and O–H groups in total. The van der Waals surface area contributed by atoms with Crippen LogP contribution >= 0.6 is 0 Å². The Morgan fingerprint density at radius 3 is 2.60 bits per heavy atom. The van der Waals surface area contributed by atoms with Gasteiger partial charge in [-0.2, -0.15) is 0 Å². The van der Waals surface area contributed by atoms with Crippen molar-refractivity contribution in [1.82, 2.24) is 4.90 Å². The highest BCUT2D eigenvalue weighted by molar-refractivity contribution is 5.50. The van der Waals surface area contributed by atoms with Crippen LogP contribution in [0.1, 0.15) is 26.2 Å². The number of rotatable bonds is 4. The Morgan fingerprint density at radius 2 is 2.20 bits per heavy atom. The Kier molecular flexibility index (Phi) is 3.32. The van der Waals surface area contributed by atoms with Gasteiger partial charge in [-0.25, -0.2) is 4.39 Å². The molecule has 5 nitrogen and oxygen atoms in total. The molecule has 0 saturated carbocycles. The third kappa shape index (κ3) is 1.97. The molecule has 1 saturated heterocycles. The van der Waals surface area contributed by atoms with Crippen molar-refractivity contribution in [2.45, 2.75) is 43.9 Å². The van der Waals surface area contributed by atoms with Crippen molar-refractivity contribution in [3.63, 3.8) is 0 Å². The number of carbonyl (C=O) groups is 1. The summed E-state index contributed by atoms with van der Waals surface area (Å²) >= 11 is 0. The fraction of sp³-hybridized carbons (Fsp3) is 0.889. The molecule has 0 aliphatic carbocycles. The minimum absolute atomic E-state index is 0.135. The summed E-state index contributed by atoms with van der Waals surface area (Å²) in [5.74, 6) is -3.06. The fourth-order valence-electron chi connectivity index (χ4n) is 2.24. The molecule has 0 aromatic heterocycles. The van der Waals surface area contributed by atoms with Crippen molar-refractivity contribution in [2.75, 3.05) is 6.54 Å². The van der Waals surface area contributed by atoms with E-state index in [0.717, 1.165) is 4.90 Å². The third-order valence-corrected chi connectivity index (χ3v) is 2.92. The number of aliphatic hydroxyl groups is 3. The van der Waals surface area contributed by atoms with Gasteiger partial charge in [0.15, 0.2) is 0 Å². The van der Waals surface area contributed by atoms with Crippen molar-refractivity contribution in [1.29, 1.82) is 0 Å². The molecule has 88 valence electrons. The number of hydrogen-bond acceptors (Lipinski definition) is 4. The minimum Gasteiger partial charge on any atom is -0.342 e. The summed E-state index contributed by atoms with van der Waals surface area (Å²) in [6, 6.07) is 0. The lowest BCUT2D eigenvalue weighted by Crippen LogP contribution is -2.61.